The fourth-order valence-corrected chi connectivity index (χ4v) is 2.21. The minimum absolute atomic E-state index is 0.275. The highest BCUT2D eigenvalue weighted by Crippen LogP contribution is 2.42. The molecule has 0 saturated heterocycles. The Hall–Kier alpha value is -0.790. The van der Waals surface area contributed by atoms with Crippen LogP contribution in [-0.4, -0.2) is 24.4 Å². The summed E-state index contributed by atoms with van der Waals surface area (Å²) in [6.07, 6.45) is 10.1. The van der Waals surface area contributed by atoms with Gasteiger partial charge in [-0.05, 0) is 37.5 Å². The Kier molecular flexibility index (Phi) is 5.58. The molecular weight excluding hydrogens is 198 g/mol. The van der Waals surface area contributed by atoms with Crippen LogP contribution < -0.4 is 0 Å². The van der Waals surface area contributed by atoms with E-state index in [1.165, 1.54) is 19.3 Å². The number of rotatable bonds is 7. The van der Waals surface area contributed by atoms with Crippen LogP contribution in [0.5, 0.6) is 0 Å². The first-order chi connectivity index (χ1) is 7.69. The van der Waals surface area contributed by atoms with Gasteiger partial charge in [0.2, 0.25) is 5.91 Å². The van der Waals surface area contributed by atoms with E-state index in [1.807, 2.05) is 18.9 Å². The number of hydrogen-bond acceptors (Lipinski definition) is 1. The van der Waals surface area contributed by atoms with Gasteiger partial charge in [0.25, 0.3) is 0 Å². The summed E-state index contributed by atoms with van der Waals surface area (Å²) in [6, 6.07) is 0. The molecule has 0 N–H and O–H groups in total. The van der Waals surface area contributed by atoms with Gasteiger partial charge in [-0.1, -0.05) is 26.0 Å². The van der Waals surface area contributed by atoms with E-state index < -0.39 is 0 Å². The summed E-state index contributed by atoms with van der Waals surface area (Å²) in [4.78, 5) is 13.3. The number of carbonyl (C=O) groups excluding carboxylic acids is 1. The first kappa shape index (κ1) is 13.3. The van der Waals surface area contributed by atoms with Crippen LogP contribution in [0.25, 0.3) is 0 Å². The number of amides is 1. The van der Waals surface area contributed by atoms with Crippen molar-refractivity contribution in [1.82, 2.24) is 4.90 Å². The van der Waals surface area contributed by atoms with E-state index in [-0.39, 0.29) is 5.91 Å². The van der Waals surface area contributed by atoms with Crippen LogP contribution in [0.1, 0.15) is 46.0 Å². The molecule has 0 aromatic rings. The monoisotopic (exact) mass is 223 g/mol. The van der Waals surface area contributed by atoms with Gasteiger partial charge in [-0.25, -0.2) is 0 Å². The SMILES string of the molecule is CCC=CCCC1CC1CN(C)C(=O)CC. The number of hydrogen-bond donors (Lipinski definition) is 0. The number of carbonyl (C=O) groups is 1. The molecule has 2 heteroatoms. The van der Waals surface area contributed by atoms with E-state index in [0.717, 1.165) is 24.8 Å². The van der Waals surface area contributed by atoms with Gasteiger partial charge in [0.15, 0.2) is 0 Å². The van der Waals surface area contributed by atoms with Crippen molar-refractivity contribution < 1.29 is 4.79 Å². The van der Waals surface area contributed by atoms with Crippen LogP contribution in [0.15, 0.2) is 12.2 Å². The first-order valence-corrected chi connectivity index (χ1v) is 6.58. The van der Waals surface area contributed by atoms with Crippen LogP contribution >= 0.6 is 0 Å². The normalized spacial score (nSPS) is 23.7. The lowest BCUT2D eigenvalue weighted by Crippen LogP contribution is -2.28. The van der Waals surface area contributed by atoms with Crippen LogP contribution in [-0.2, 0) is 4.79 Å². The van der Waals surface area contributed by atoms with Crippen molar-refractivity contribution in [2.45, 2.75) is 46.0 Å². The van der Waals surface area contributed by atoms with Crippen molar-refractivity contribution in [2.24, 2.45) is 11.8 Å². The Bertz CT molecular complexity index is 247. The molecule has 16 heavy (non-hydrogen) atoms. The molecule has 0 bridgehead atoms. The second-order valence-corrected chi connectivity index (χ2v) is 4.84. The van der Waals surface area contributed by atoms with Gasteiger partial charge >= 0.3 is 0 Å². The maximum atomic E-state index is 11.4. The van der Waals surface area contributed by atoms with Crippen molar-refractivity contribution in [1.29, 1.82) is 0 Å². The number of nitrogens with zero attached hydrogens (tertiary/aromatic N) is 1. The second kappa shape index (κ2) is 6.72. The van der Waals surface area contributed by atoms with Crippen molar-refractivity contribution in [2.75, 3.05) is 13.6 Å². The molecule has 0 radical (unpaired) electrons. The molecule has 0 spiro atoms. The third-order valence-corrected chi connectivity index (χ3v) is 3.41. The zero-order valence-electron chi connectivity index (χ0n) is 10.9. The maximum absolute atomic E-state index is 11.4. The summed E-state index contributed by atoms with van der Waals surface area (Å²) < 4.78 is 0. The standard InChI is InChI=1S/C14H25NO/c1-4-6-7-8-9-12-10-13(12)11-15(3)14(16)5-2/h6-7,12-13H,4-5,8-11H2,1-3H3. The predicted molar refractivity (Wildman–Crippen MR) is 68.2 cm³/mol. The Labute approximate surface area is 99.7 Å². The quantitative estimate of drug-likeness (QED) is 0.607. The van der Waals surface area contributed by atoms with E-state index in [0.29, 0.717) is 6.42 Å². The Morgan fingerprint density at radius 2 is 2.06 bits per heavy atom. The van der Waals surface area contributed by atoms with Gasteiger partial charge in [0.1, 0.15) is 0 Å². The number of allylic oxidation sites excluding steroid dienone is 2. The van der Waals surface area contributed by atoms with Crippen molar-refractivity contribution in [3.63, 3.8) is 0 Å². The average Bonchev–Trinajstić information content (AvgIpc) is 3.01. The van der Waals surface area contributed by atoms with E-state index in [1.54, 1.807) is 0 Å². The van der Waals surface area contributed by atoms with E-state index in [4.69, 9.17) is 0 Å². The molecule has 1 saturated carbocycles. The summed E-state index contributed by atoms with van der Waals surface area (Å²) in [7, 11) is 1.93. The molecule has 1 fully saturated rings. The third kappa shape index (κ3) is 4.38. The second-order valence-electron chi connectivity index (χ2n) is 4.84. The Balaban J connectivity index is 2.10. The van der Waals surface area contributed by atoms with E-state index in [2.05, 4.69) is 19.1 Å². The lowest BCUT2D eigenvalue weighted by Gasteiger charge is -2.15. The molecule has 0 aromatic heterocycles. The minimum atomic E-state index is 0.275. The first-order valence-electron chi connectivity index (χ1n) is 6.58. The van der Waals surface area contributed by atoms with Gasteiger partial charge in [0, 0.05) is 20.0 Å². The van der Waals surface area contributed by atoms with Crippen molar-refractivity contribution in [3.05, 3.63) is 12.2 Å². The largest absolute Gasteiger partial charge is 0.345 e. The highest BCUT2D eigenvalue weighted by atomic mass is 16.2. The lowest BCUT2D eigenvalue weighted by atomic mass is 10.1. The van der Waals surface area contributed by atoms with Gasteiger partial charge in [-0.15, -0.1) is 0 Å². The van der Waals surface area contributed by atoms with Gasteiger partial charge < -0.3 is 4.90 Å². The topological polar surface area (TPSA) is 20.3 Å². The lowest BCUT2D eigenvalue weighted by molar-refractivity contribution is -0.129. The van der Waals surface area contributed by atoms with Gasteiger partial charge in [0.05, 0.1) is 0 Å². The molecule has 2 unspecified atom stereocenters. The molecule has 2 nitrogen and oxygen atoms in total. The molecule has 0 aromatic carbocycles. The Morgan fingerprint density at radius 3 is 2.69 bits per heavy atom. The van der Waals surface area contributed by atoms with Crippen LogP contribution in [0.3, 0.4) is 0 Å². The predicted octanol–water partition coefficient (Wildman–Crippen LogP) is 3.24. The van der Waals surface area contributed by atoms with Gasteiger partial charge in [-0.2, -0.15) is 0 Å². The molecule has 1 amide bonds. The van der Waals surface area contributed by atoms with Crippen molar-refractivity contribution >= 4 is 5.91 Å². The zero-order chi connectivity index (χ0) is 12.0. The van der Waals surface area contributed by atoms with E-state index in [9.17, 15) is 4.79 Å². The Morgan fingerprint density at radius 1 is 1.31 bits per heavy atom. The van der Waals surface area contributed by atoms with Gasteiger partial charge in [-0.3, -0.25) is 4.79 Å². The summed E-state index contributed by atoms with van der Waals surface area (Å²) >= 11 is 0. The molecular formula is C14H25NO. The van der Waals surface area contributed by atoms with Crippen molar-refractivity contribution in [3.8, 4) is 0 Å². The summed E-state index contributed by atoms with van der Waals surface area (Å²) in [6.45, 7) is 5.06. The minimum Gasteiger partial charge on any atom is -0.345 e. The fourth-order valence-electron chi connectivity index (χ4n) is 2.21. The third-order valence-electron chi connectivity index (χ3n) is 3.41. The molecule has 1 aliphatic carbocycles. The molecule has 92 valence electrons. The zero-order valence-corrected chi connectivity index (χ0v) is 10.9. The summed E-state index contributed by atoms with van der Waals surface area (Å²) in [5.41, 5.74) is 0. The highest BCUT2D eigenvalue weighted by Gasteiger charge is 2.37. The van der Waals surface area contributed by atoms with E-state index >= 15 is 0 Å². The molecule has 0 aliphatic heterocycles. The summed E-state index contributed by atoms with van der Waals surface area (Å²) in [5.74, 6) is 1.92. The van der Waals surface area contributed by atoms with Crippen LogP contribution in [0.4, 0.5) is 0 Å². The summed E-state index contributed by atoms with van der Waals surface area (Å²) in [5, 5.41) is 0. The molecule has 1 aliphatic rings. The van der Waals surface area contributed by atoms with Crippen LogP contribution in [0, 0.1) is 11.8 Å². The fraction of sp³-hybridized carbons (Fsp3) is 0.786. The molecule has 2 atom stereocenters. The smallest absolute Gasteiger partial charge is 0.222 e. The molecule has 0 heterocycles. The highest BCUT2D eigenvalue weighted by molar-refractivity contribution is 5.75. The molecule has 1 rings (SSSR count). The van der Waals surface area contributed by atoms with Crippen LogP contribution in [0.2, 0.25) is 0 Å². The average molecular weight is 223 g/mol. The maximum Gasteiger partial charge on any atom is 0.222 e.